The van der Waals surface area contributed by atoms with Crippen LogP contribution in [0.5, 0.6) is 0 Å². The van der Waals surface area contributed by atoms with E-state index in [0.717, 1.165) is 27.8 Å². The average Bonchev–Trinajstić information content (AvgIpc) is 3.19. The Kier molecular flexibility index (Phi) is 6.51. The van der Waals surface area contributed by atoms with Crippen molar-refractivity contribution in [2.45, 2.75) is 23.4 Å². The van der Waals surface area contributed by atoms with Crippen LogP contribution in [-0.2, 0) is 26.8 Å². The highest BCUT2D eigenvalue weighted by molar-refractivity contribution is 9.08. The van der Waals surface area contributed by atoms with Crippen LogP contribution >= 0.6 is 15.9 Å². The lowest BCUT2D eigenvalue weighted by Crippen LogP contribution is -2.51. The van der Waals surface area contributed by atoms with Crippen molar-refractivity contribution < 1.29 is 14.3 Å². The maximum absolute atomic E-state index is 14.0. The van der Waals surface area contributed by atoms with Crippen molar-refractivity contribution in [2.24, 2.45) is 0 Å². The van der Waals surface area contributed by atoms with Crippen molar-refractivity contribution in [3.63, 3.8) is 0 Å². The van der Waals surface area contributed by atoms with Gasteiger partial charge in [0.05, 0.1) is 0 Å². The number of ether oxygens (including phenoxy) is 1. The summed E-state index contributed by atoms with van der Waals surface area (Å²) in [6.45, 7) is 0. The van der Waals surface area contributed by atoms with Gasteiger partial charge in [-0.15, -0.1) is 0 Å². The van der Waals surface area contributed by atoms with Crippen molar-refractivity contribution in [3.8, 4) is 0 Å². The molecule has 1 atom stereocenters. The molecule has 35 heavy (non-hydrogen) atoms. The molecule has 4 aromatic rings. The number of halogens is 1. The van der Waals surface area contributed by atoms with Gasteiger partial charge in [0.2, 0.25) is 0 Å². The first kappa shape index (κ1) is 23.1. The summed E-state index contributed by atoms with van der Waals surface area (Å²) in [7, 11) is 0. The Hall–Kier alpha value is -3.70. The van der Waals surface area contributed by atoms with Gasteiger partial charge < -0.3 is 4.74 Å². The molecule has 0 saturated carbocycles. The molecule has 0 radical (unpaired) electrons. The number of imide groups is 1. The van der Waals surface area contributed by atoms with Gasteiger partial charge >= 0.3 is 6.09 Å². The summed E-state index contributed by atoms with van der Waals surface area (Å²) in [5.74, 6) is -0.351. The van der Waals surface area contributed by atoms with E-state index in [-0.39, 0.29) is 5.91 Å². The van der Waals surface area contributed by atoms with Crippen molar-refractivity contribution in [2.75, 3.05) is 0 Å². The van der Waals surface area contributed by atoms with Crippen LogP contribution in [0.4, 0.5) is 4.79 Å². The average molecular weight is 526 g/mol. The summed E-state index contributed by atoms with van der Waals surface area (Å²) in [6, 6.07) is 37.0. The third kappa shape index (κ3) is 4.17. The number of rotatable bonds is 7. The number of carbonyl (C=O) groups is 2. The van der Waals surface area contributed by atoms with Gasteiger partial charge in [0.25, 0.3) is 5.91 Å². The molecule has 0 N–H and O–H groups in total. The van der Waals surface area contributed by atoms with Gasteiger partial charge in [0, 0.05) is 11.8 Å². The molecular formula is C30H24BrNO3. The zero-order valence-corrected chi connectivity index (χ0v) is 20.6. The Balaban J connectivity index is 1.67. The van der Waals surface area contributed by atoms with Gasteiger partial charge in [-0.05, 0) is 27.8 Å². The number of nitrogens with zero attached hydrogens (tertiary/aromatic N) is 1. The van der Waals surface area contributed by atoms with E-state index in [2.05, 4.69) is 15.9 Å². The number of alkyl halides is 1. The number of amides is 2. The number of hydrogen-bond donors (Lipinski definition) is 0. The number of hydrogen-bond acceptors (Lipinski definition) is 3. The summed E-state index contributed by atoms with van der Waals surface area (Å²) in [5.41, 5.74) is 3.30. The Bertz CT molecular complexity index is 1230. The molecular weight excluding hydrogens is 502 g/mol. The first-order chi connectivity index (χ1) is 17.1. The molecule has 0 bridgehead atoms. The molecule has 0 spiro atoms. The van der Waals surface area contributed by atoms with Crippen LogP contribution in [0.2, 0.25) is 0 Å². The second-order valence-corrected chi connectivity index (χ2v) is 9.07. The Labute approximate surface area is 213 Å². The van der Waals surface area contributed by atoms with E-state index in [1.807, 2.05) is 115 Å². The molecule has 4 aromatic carbocycles. The van der Waals surface area contributed by atoms with E-state index in [1.54, 1.807) is 0 Å². The van der Waals surface area contributed by atoms with Gasteiger partial charge in [-0.25, -0.2) is 9.69 Å². The molecule has 0 aliphatic carbocycles. The quantitative estimate of drug-likeness (QED) is 0.205. The SMILES string of the molecule is O=C1OC(Cc2cccc(CBr)c2)C(=O)N1C(c1ccccc1)(c1ccccc1)c1ccccc1. The molecule has 1 heterocycles. The van der Waals surface area contributed by atoms with Crippen LogP contribution < -0.4 is 0 Å². The van der Waals surface area contributed by atoms with Crippen molar-refractivity contribution in [1.29, 1.82) is 0 Å². The van der Waals surface area contributed by atoms with E-state index >= 15 is 0 Å². The van der Waals surface area contributed by atoms with Gasteiger partial charge in [-0.2, -0.15) is 0 Å². The molecule has 1 aliphatic rings. The molecule has 2 amide bonds. The topological polar surface area (TPSA) is 46.6 Å². The largest absolute Gasteiger partial charge is 0.435 e. The minimum atomic E-state index is -1.18. The van der Waals surface area contributed by atoms with Gasteiger partial charge in [0.15, 0.2) is 6.10 Å². The monoisotopic (exact) mass is 525 g/mol. The molecule has 5 heteroatoms. The fourth-order valence-electron chi connectivity index (χ4n) is 4.87. The van der Waals surface area contributed by atoms with Crippen molar-refractivity contribution >= 4 is 27.9 Å². The maximum Gasteiger partial charge on any atom is 0.418 e. The minimum Gasteiger partial charge on any atom is -0.435 e. The predicted molar refractivity (Wildman–Crippen MR) is 139 cm³/mol. The Morgan fingerprint density at radius 3 is 1.66 bits per heavy atom. The number of benzene rings is 4. The van der Waals surface area contributed by atoms with E-state index in [1.165, 1.54) is 4.90 Å². The standard InChI is InChI=1S/C30H24BrNO3/c31-21-23-12-10-11-22(19-23)20-27-28(33)32(29(34)35-27)30(24-13-4-1-5-14-24,25-15-6-2-7-16-25)26-17-8-3-9-18-26/h1-19,27H,20-21H2. The van der Waals surface area contributed by atoms with Gasteiger partial charge in [-0.3, -0.25) is 4.79 Å². The second kappa shape index (κ2) is 9.88. The van der Waals surface area contributed by atoms with Gasteiger partial charge in [-0.1, -0.05) is 131 Å². The molecule has 5 rings (SSSR count). The van der Waals surface area contributed by atoms with E-state index < -0.39 is 17.7 Å². The molecule has 174 valence electrons. The molecule has 0 aromatic heterocycles. The summed E-state index contributed by atoms with van der Waals surface area (Å²) in [5, 5.41) is 0.713. The summed E-state index contributed by atoms with van der Waals surface area (Å²) in [6.07, 6.45) is -1.23. The zero-order chi connectivity index (χ0) is 24.3. The molecule has 1 fully saturated rings. The third-order valence-corrected chi connectivity index (χ3v) is 7.05. The fourth-order valence-corrected chi connectivity index (χ4v) is 5.22. The smallest absolute Gasteiger partial charge is 0.418 e. The second-order valence-electron chi connectivity index (χ2n) is 8.51. The third-order valence-electron chi connectivity index (χ3n) is 6.40. The number of cyclic esters (lactones) is 1. The highest BCUT2D eigenvalue weighted by atomic mass is 79.9. The van der Waals surface area contributed by atoms with Gasteiger partial charge in [0.1, 0.15) is 5.54 Å². The molecule has 1 saturated heterocycles. The molecule has 1 unspecified atom stereocenters. The number of carbonyl (C=O) groups excluding carboxylic acids is 2. The predicted octanol–water partition coefficient (Wildman–Crippen LogP) is 6.46. The molecule has 4 nitrogen and oxygen atoms in total. The Morgan fingerprint density at radius 1 is 0.686 bits per heavy atom. The van der Waals surface area contributed by atoms with Crippen LogP contribution in [0.1, 0.15) is 27.8 Å². The van der Waals surface area contributed by atoms with Crippen molar-refractivity contribution in [1.82, 2.24) is 4.90 Å². The first-order valence-electron chi connectivity index (χ1n) is 11.5. The lowest BCUT2D eigenvalue weighted by molar-refractivity contribution is -0.132. The lowest BCUT2D eigenvalue weighted by atomic mass is 9.75. The normalized spacial score (nSPS) is 15.8. The Morgan fingerprint density at radius 2 is 1.17 bits per heavy atom. The van der Waals surface area contributed by atoms with E-state index in [0.29, 0.717) is 11.8 Å². The minimum absolute atomic E-state index is 0.316. The summed E-state index contributed by atoms with van der Waals surface area (Å²) < 4.78 is 5.76. The maximum atomic E-state index is 14.0. The van der Waals surface area contributed by atoms with Crippen molar-refractivity contribution in [3.05, 3.63) is 143 Å². The van der Waals surface area contributed by atoms with E-state index in [9.17, 15) is 9.59 Å². The molecule has 1 aliphatic heterocycles. The summed E-state index contributed by atoms with van der Waals surface area (Å²) >= 11 is 3.48. The highest BCUT2D eigenvalue weighted by Crippen LogP contribution is 2.45. The van der Waals surface area contributed by atoms with Crippen LogP contribution in [-0.4, -0.2) is 23.0 Å². The zero-order valence-electron chi connectivity index (χ0n) is 19.0. The van der Waals surface area contributed by atoms with Crippen LogP contribution in [0.15, 0.2) is 115 Å². The fraction of sp³-hybridized carbons (Fsp3) is 0.133. The van der Waals surface area contributed by atoms with Crippen LogP contribution in [0, 0.1) is 0 Å². The first-order valence-corrected chi connectivity index (χ1v) is 12.6. The summed E-state index contributed by atoms with van der Waals surface area (Å²) in [4.78, 5) is 28.9. The van der Waals surface area contributed by atoms with E-state index in [4.69, 9.17) is 4.74 Å². The highest BCUT2D eigenvalue weighted by Gasteiger charge is 2.55. The van der Waals surface area contributed by atoms with Crippen LogP contribution in [0.25, 0.3) is 0 Å². The van der Waals surface area contributed by atoms with Crippen LogP contribution in [0.3, 0.4) is 0 Å². The lowest BCUT2D eigenvalue weighted by Gasteiger charge is -2.40.